The van der Waals surface area contributed by atoms with Gasteiger partial charge in [0.15, 0.2) is 5.13 Å². The number of nitrogens with one attached hydrogen (secondary N) is 1. The van der Waals surface area contributed by atoms with Crippen molar-refractivity contribution < 1.29 is 18.3 Å². The lowest BCUT2D eigenvalue weighted by atomic mass is 10.1. The minimum absolute atomic E-state index is 0.0443. The van der Waals surface area contributed by atoms with E-state index in [4.69, 9.17) is 5.11 Å². The van der Waals surface area contributed by atoms with Gasteiger partial charge in [0.05, 0.1) is 20.7 Å². The van der Waals surface area contributed by atoms with Crippen LogP contribution >= 0.6 is 11.3 Å². The lowest BCUT2D eigenvalue weighted by Gasteiger charge is -2.07. The van der Waals surface area contributed by atoms with Crippen LogP contribution < -0.4 is 4.72 Å². The van der Waals surface area contributed by atoms with Crippen molar-refractivity contribution >= 4 is 42.7 Å². The quantitative estimate of drug-likeness (QED) is 0.755. The topological polar surface area (TPSA) is 96.4 Å². The molecule has 0 amide bonds. The fourth-order valence-electron chi connectivity index (χ4n) is 2.09. The molecular formula is C15H12N2O4S2. The Morgan fingerprint density at radius 1 is 1.22 bits per heavy atom. The van der Waals surface area contributed by atoms with Gasteiger partial charge in [-0.2, -0.15) is 0 Å². The molecule has 2 N–H and O–H groups in total. The molecule has 0 aliphatic rings. The number of nitrogens with zero attached hydrogens (tertiary/aromatic N) is 1. The van der Waals surface area contributed by atoms with Crippen molar-refractivity contribution in [3.05, 3.63) is 53.6 Å². The first kappa shape index (κ1) is 15.4. The van der Waals surface area contributed by atoms with Gasteiger partial charge in [0.2, 0.25) is 0 Å². The molecule has 8 heteroatoms. The monoisotopic (exact) mass is 348 g/mol. The molecule has 0 atom stereocenters. The number of fused-ring (bicyclic) bond motifs is 1. The van der Waals surface area contributed by atoms with E-state index in [9.17, 15) is 13.2 Å². The molecule has 0 saturated carbocycles. The second-order valence-corrected chi connectivity index (χ2v) is 7.59. The van der Waals surface area contributed by atoms with Gasteiger partial charge < -0.3 is 5.11 Å². The van der Waals surface area contributed by atoms with E-state index >= 15 is 0 Å². The van der Waals surface area contributed by atoms with Crippen molar-refractivity contribution in [1.29, 1.82) is 0 Å². The average molecular weight is 348 g/mol. The van der Waals surface area contributed by atoms with Crippen molar-refractivity contribution in [2.75, 3.05) is 4.72 Å². The molecule has 0 aliphatic heterocycles. The molecule has 1 heterocycles. The predicted molar refractivity (Wildman–Crippen MR) is 88.6 cm³/mol. The van der Waals surface area contributed by atoms with Crippen LogP contribution in [0.15, 0.2) is 47.4 Å². The highest BCUT2D eigenvalue weighted by Gasteiger charge is 2.19. The number of thiazole rings is 1. The Hall–Kier alpha value is -2.45. The molecule has 0 bridgehead atoms. The summed E-state index contributed by atoms with van der Waals surface area (Å²) in [7, 11) is -3.90. The third-order valence-corrected chi connectivity index (χ3v) is 5.68. The fourth-order valence-corrected chi connectivity index (χ4v) is 4.21. The highest BCUT2D eigenvalue weighted by molar-refractivity contribution is 7.93. The first-order valence-electron chi connectivity index (χ1n) is 6.59. The molecule has 0 spiro atoms. The summed E-state index contributed by atoms with van der Waals surface area (Å²) >= 11 is 1.21. The van der Waals surface area contributed by atoms with Crippen LogP contribution in [0.5, 0.6) is 0 Å². The highest BCUT2D eigenvalue weighted by atomic mass is 32.2. The number of aryl methyl sites for hydroxylation is 1. The summed E-state index contributed by atoms with van der Waals surface area (Å²) in [5.41, 5.74) is 1.15. The first-order valence-corrected chi connectivity index (χ1v) is 8.89. The fraction of sp³-hybridized carbons (Fsp3) is 0.0667. The van der Waals surface area contributed by atoms with Crippen LogP contribution in [0.25, 0.3) is 10.2 Å². The minimum atomic E-state index is -3.90. The van der Waals surface area contributed by atoms with Crippen LogP contribution in [-0.4, -0.2) is 24.5 Å². The van der Waals surface area contributed by atoms with Crippen LogP contribution in [0, 0.1) is 6.92 Å². The van der Waals surface area contributed by atoms with Gasteiger partial charge in [-0.05, 0) is 36.8 Å². The minimum Gasteiger partial charge on any atom is -0.478 e. The molecule has 2 aromatic carbocycles. The second kappa shape index (κ2) is 5.64. The van der Waals surface area contributed by atoms with E-state index in [-0.39, 0.29) is 15.6 Å². The van der Waals surface area contributed by atoms with Crippen molar-refractivity contribution in [1.82, 2.24) is 4.98 Å². The van der Waals surface area contributed by atoms with E-state index in [2.05, 4.69) is 9.71 Å². The number of rotatable bonds is 4. The standard InChI is InChI=1S/C15H12N2O4S2/c1-9-6-7-10(8-11(9)14(18)19)23(20,21)17-15-16-12-4-2-3-5-13(12)22-15/h2-8H,1H3,(H,16,17)(H,18,19). The van der Waals surface area contributed by atoms with Gasteiger partial charge >= 0.3 is 5.97 Å². The zero-order valence-electron chi connectivity index (χ0n) is 12.0. The summed E-state index contributed by atoms with van der Waals surface area (Å²) in [6.45, 7) is 1.61. The maximum atomic E-state index is 12.4. The summed E-state index contributed by atoms with van der Waals surface area (Å²) in [4.78, 5) is 15.3. The summed E-state index contributed by atoms with van der Waals surface area (Å²) in [5.74, 6) is -1.17. The molecule has 0 fully saturated rings. The van der Waals surface area contributed by atoms with Gasteiger partial charge in [0.25, 0.3) is 10.0 Å². The van der Waals surface area contributed by atoms with Gasteiger partial charge in [0.1, 0.15) is 0 Å². The highest BCUT2D eigenvalue weighted by Crippen LogP contribution is 2.27. The van der Waals surface area contributed by atoms with Crippen LogP contribution in [0.1, 0.15) is 15.9 Å². The molecule has 0 saturated heterocycles. The van der Waals surface area contributed by atoms with E-state index in [1.54, 1.807) is 13.0 Å². The number of hydrogen-bond donors (Lipinski definition) is 2. The van der Waals surface area contributed by atoms with Gasteiger partial charge in [-0.25, -0.2) is 18.2 Å². The summed E-state index contributed by atoms with van der Waals surface area (Å²) in [6.07, 6.45) is 0. The van der Waals surface area contributed by atoms with Crippen LogP contribution in [0.2, 0.25) is 0 Å². The Bertz CT molecular complexity index is 976. The van der Waals surface area contributed by atoms with E-state index in [0.717, 1.165) is 10.8 Å². The molecule has 0 radical (unpaired) electrons. The Labute approximate surface area is 136 Å². The van der Waals surface area contributed by atoms with Gasteiger partial charge in [0, 0.05) is 0 Å². The number of sulfonamides is 1. The van der Waals surface area contributed by atoms with Gasteiger partial charge in [-0.3, -0.25) is 4.72 Å². The van der Waals surface area contributed by atoms with Crippen molar-refractivity contribution in [2.45, 2.75) is 11.8 Å². The molecule has 0 unspecified atom stereocenters. The molecule has 3 aromatic rings. The molecule has 23 heavy (non-hydrogen) atoms. The number of aromatic carboxylic acids is 1. The Morgan fingerprint density at radius 2 is 1.96 bits per heavy atom. The lowest BCUT2D eigenvalue weighted by molar-refractivity contribution is 0.0696. The SMILES string of the molecule is Cc1ccc(S(=O)(=O)Nc2nc3ccccc3s2)cc1C(=O)O. The third kappa shape index (κ3) is 3.03. The van der Waals surface area contributed by atoms with E-state index in [1.807, 2.05) is 18.2 Å². The molecule has 118 valence electrons. The number of hydrogen-bond acceptors (Lipinski definition) is 5. The van der Waals surface area contributed by atoms with Crippen molar-refractivity contribution in [3.63, 3.8) is 0 Å². The number of carboxylic acids is 1. The van der Waals surface area contributed by atoms with Gasteiger partial charge in [-0.1, -0.05) is 29.5 Å². The normalized spacial score (nSPS) is 11.5. The maximum Gasteiger partial charge on any atom is 0.335 e. The number of para-hydroxylation sites is 1. The Morgan fingerprint density at radius 3 is 2.65 bits per heavy atom. The molecular weight excluding hydrogens is 336 g/mol. The number of benzene rings is 2. The lowest BCUT2D eigenvalue weighted by Crippen LogP contribution is -2.14. The Kier molecular flexibility index (Phi) is 3.78. The van der Waals surface area contributed by atoms with E-state index < -0.39 is 16.0 Å². The Balaban J connectivity index is 1.98. The zero-order valence-corrected chi connectivity index (χ0v) is 13.6. The number of anilines is 1. The molecule has 3 rings (SSSR count). The van der Waals surface area contributed by atoms with Crippen molar-refractivity contribution in [3.8, 4) is 0 Å². The first-order chi connectivity index (χ1) is 10.9. The average Bonchev–Trinajstić information content (AvgIpc) is 2.88. The summed E-state index contributed by atoms with van der Waals surface area (Å²) in [6, 6.07) is 11.3. The molecule has 1 aromatic heterocycles. The largest absolute Gasteiger partial charge is 0.478 e. The predicted octanol–water partition coefficient (Wildman–Crippen LogP) is 3.10. The zero-order chi connectivity index (χ0) is 16.6. The maximum absolute atomic E-state index is 12.4. The molecule has 6 nitrogen and oxygen atoms in total. The molecule has 0 aliphatic carbocycles. The van der Waals surface area contributed by atoms with E-state index in [1.165, 1.54) is 23.5 Å². The number of carboxylic acid groups (broad SMARTS) is 1. The van der Waals surface area contributed by atoms with Crippen LogP contribution in [0.3, 0.4) is 0 Å². The van der Waals surface area contributed by atoms with Crippen molar-refractivity contribution in [2.24, 2.45) is 0 Å². The summed E-state index contributed by atoms with van der Waals surface area (Å²) in [5, 5.41) is 9.35. The number of aromatic nitrogens is 1. The van der Waals surface area contributed by atoms with E-state index in [0.29, 0.717) is 11.1 Å². The summed E-state index contributed by atoms with van der Waals surface area (Å²) < 4.78 is 28.1. The smallest absolute Gasteiger partial charge is 0.335 e. The second-order valence-electron chi connectivity index (χ2n) is 4.87. The third-order valence-electron chi connectivity index (χ3n) is 3.27. The van der Waals surface area contributed by atoms with Gasteiger partial charge in [-0.15, -0.1) is 0 Å². The van der Waals surface area contributed by atoms with Crippen LogP contribution in [-0.2, 0) is 10.0 Å². The van der Waals surface area contributed by atoms with Crippen LogP contribution in [0.4, 0.5) is 5.13 Å². The number of carbonyl (C=O) groups is 1.